The molecule has 2 aliphatic rings. The molecule has 0 bridgehead atoms. The van der Waals surface area contributed by atoms with Gasteiger partial charge in [-0.1, -0.05) is 0 Å². The molecule has 19 heavy (non-hydrogen) atoms. The fourth-order valence-electron chi connectivity index (χ4n) is 2.47. The largest absolute Gasteiger partial charge is 0.378 e. The van der Waals surface area contributed by atoms with Gasteiger partial charge in [0.05, 0.1) is 13.2 Å². The maximum Gasteiger partial charge on any atom is 0.254 e. The number of hydrogen-bond acceptors (Lipinski definition) is 3. The van der Waals surface area contributed by atoms with Crippen molar-refractivity contribution >= 4 is 17.5 Å². The zero-order valence-electron chi connectivity index (χ0n) is 10.6. The van der Waals surface area contributed by atoms with E-state index in [1.54, 1.807) is 6.07 Å². The number of aryl methyl sites for hydroxylation is 1. The van der Waals surface area contributed by atoms with Gasteiger partial charge in [-0.3, -0.25) is 9.59 Å². The second-order valence-corrected chi connectivity index (χ2v) is 4.82. The summed E-state index contributed by atoms with van der Waals surface area (Å²) in [5.41, 5.74) is 2.56. The number of hydrogen-bond donors (Lipinski definition) is 1. The number of morpholine rings is 1. The minimum atomic E-state index is 0.0414. The fraction of sp³-hybridized carbons (Fsp3) is 0.429. The van der Waals surface area contributed by atoms with Gasteiger partial charge < -0.3 is 15.0 Å². The summed E-state index contributed by atoms with van der Waals surface area (Å²) in [4.78, 5) is 25.4. The van der Waals surface area contributed by atoms with Crippen LogP contribution in [0.3, 0.4) is 0 Å². The van der Waals surface area contributed by atoms with Crippen molar-refractivity contribution in [3.05, 3.63) is 29.3 Å². The van der Waals surface area contributed by atoms with Crippen LogP contribution in [0.25, 0.3) is 0 Å². The number of benzene rings is 1. The summed E-state index contributed by atoms with van der Waals surface area (Å²) in [6.07, 6.45) is 1.19. The Balaban J connectivity index is 1.81. The standard InChI is InChI=1S/C14H16N2O3/c17-13-4-2-10-9-11(1-3-12(10)15-13)14(18)16-5-7-19-8-6-16/h1,3,9H,2,4-8H2,(H,15,17). The average Bonchev–Trinajstić information content (AvgIpc) is 2.47. The minimum Gasteiger partial charge on any atom is -0.378 e. The number of fused-ring (bicyclic) bond motifs is 1. The number of anilines is 1. The van der Waals surface area contributed by atoms with Crippen LogP contribution in [0.15, 0.2) is 18.2 Å². The van der Waals surface area contributed by atoms with Crippen LogP contribution in [0.5, 0.6) is 0 Å². The van der Waals surface area contributed by atoms with Crippen molar-refractivity contribution in [3.8, 4) is 0 Å². The first-order valence-corrected chi connectivity index (χ1v) is 6.54. The van der Waals surface area contributed by atoms with E-state index in [9.17, 15) is 9.59 Å². The van der Waals surface area contributed by atoms with E-state index in [0.29, 0.717) is 44.7 Å². The predicted octanol–water partition coefficient (Wildman–Crippen LogP) is 1.04. The van der Waals surface area contributed by atoms with E-state index < -0.39 is 0 Å². The molecule has 0 aliphatic carbocycles. The van der Waals surface area contributed by atoms with E-state index in [1.165, 1.54) is 0 Å². The first kappa shape index (κ1) is 12.2. The molecule has 3 rings (SSSR count). The highest BCUT2D eigenvalue weighted by molar-refractivity contribution is 5.98. The lowest BCUT2D eigenvalue weighted by atomic mass is 10.00. The highest BCUT2D eigenvalue weighted by atomic mass is 16.5. The number of carbonyl (C=O) groups excluding carboxylic acids is 2. The van der Waals surface area contributed by atoms with Gasteiger partial charge in [0, 0.05) is 30.8 Å². The minimum absolute atomic E-state index is 0.0414. The highest BCUT2D eigenvalue weighted by Gasteiger charge is 2.21. The van der Waals surface area contributed by atoms with Crippen molar-refractivity contribution in [2.75, 3.05) is 31.6 Å². The Morgan fingerprint density at radius 2 is 2.00 bits per heavy atom. The van der Waals surface area contributed by atoms with Crippen molar-refractivity contribution in [3.63, 3.8) is 0 Å². The molecule has 1 saturated heterocycles. The van der Waals surface area contributed by atoms with E-state index in [0.717, 1.165) is 11.3 Å². The Kier molecular flexibility index (Phi) is 3.21. The molecule has 1 fully saturated rings. The van der Waals surface area contributed by atoms with Gasteiger partial charge in [0.2, 0.25) is 5.91 Å². The quantitative estimate of drug-likeness (QED) is 0.821. The Bertz CT molecular complexity index is 521. The number of rotatable bonds is 1. The molecule has 1 aromatic rings. The molecule has 0 spiro atoms. The number of nitrogens with one attached hydrogen (secondary N) is 1. The van der Waals surface area contributed by atoms with Crippen molar-refractivity contribution < 1.29 is 14.3 Å². The molecule has 5 heteroatoms. The van der Waals surface area contributed by atoms with Crippen molar-refractivity contribution in [1.29, 1.82) is 0 Å². The van der Waals surface area contributed by atoms with Crippen LogP contribution in [0.2, 0.25) is 0 Å². The number of carbonyl (C=O) groups is 2. The van der Waals surface area contributed by atoms with Crippen molar-refractivity contribution in [2.24, 2.45) is 0 Å². The Labute approximate surface area is 111 Å². The highest BCUT2D eigenvalue weighted by Crippen LogP contribution is 2.24. The molecule has 1 aromatic carbocycles. The van der Waals surface area contributed by atoms with Gasteiger partial charge in [-0.15, -0.1) is 0 Å². The smallest absolute Gasteiger partial charge is 0.254 e. The third kappa shape index (κ3) is 2.46. The molecule has 2 heterocycles. The summed E-state index contributed by atoms with van der Waals surface area (Å²) in [7, 11) is 0. The van der Waals surface area contributed by atoms with Gasteiger partial charge in [0.25, 0.3) is 5.91 Å². The maximum absolute atomic E-state index is 12.3. The zero-order chi connectivity index (χ0) is 13.2. The van der Waals surface area contributed by atoms with Gasteiger partial charge in [0.15, 0.2) is 0 Å². The van der Waals surface area contributed by atoms with Crippen LogP contribution in [-0.4, -0.2) is 43.0 Å². The molecule has 2 aliphatic heterocycles. The molecule has 2 amide bonds. The molecule has 0 saturated carbocycles. The van der Waals surface area contributed by atoms with Gasteiger partial charge in [-0.25, -0.2) is 0 Å². The van der Waals surface area contributed by atoms with Gasteiger partial charge in [0.1, 0.15) is 0 Å². The molecule has 0 radical (unpaired) electrons. The molecular weight excluding hydrogens is 244 g/mol. The van der Waals surface area contributed by atoms with Crippen LogP contribution in [-0.2, 0) is 16.0 Å². The zero-order valence-corrected chi connectivity index (χ0v) is 10.6. The van der Waals surface area contributed by atoms with Crippen LogP contribution in [0.4, 0.5) is 5.69 Å². The van der Waals surface area contributed by atoms with E-state index in [4.69, 9.17) is 4.74 Å². The normalized spacial score (nSPS) is 18.7. The number of nitrogens with zero attached hydrogens (tertiary/aromatic N) is 1. The molecule has 1 N–H and O–H groups in total. The van der Waals surface area contributed by atoms with E-state index in [2.05, 4.69) is 5.32 Å². The SMILES string of the molecule is O=C1CCc2cc(C(=O)N3CCOCC3)ccc2N1. The van der Waals surface area contributed by atoms with Gasteiger partial charge >= 0.3 is 0 Å². The number of amides is 2. The van der Waals surface area contributed by atoms with E-state index in [-0.39, 0.29) is 11.8 Å². The van der Waals surface area contributed by atoms with Crippen LogP contribution in [0.1, 0.15) is 22.3 Å². The average molecular weight is 260 g/mol. The lowest BCUT2D eigenvalue weighted by molar-refractivity contribution is -0.116. The fourth-order valence-corrected chi connectivity index (χ4v) is 2.47. The second kappa shape index (κ2) is 5.01. The van der Waals surface area contributed by atoms with Crippen LogP contribution in [0, 0.1) is 0 Å². The summed E-state index contributed by atoms with van der Waals surface area (Å²) in [5.74, 6) is 0.0859. The first-order chi connectivity index (χ1) is 9.24. The third-order valence-corrected chi connectivity index (χ3v) is 3.55. The molecule has 5 nitrogen and oxygen atoms in total. The van der Waals surface area contributed by atoms with Crippen molar-refractivity contribution in [2.45, 2.75) is 12.8 Å². The van der Waals surface area contributed by atoms with Gasteiger partial charge in [-0.05, 0) is 30.2 Å². The lowest BCUT2D eigenvalue weighted by Gasteiger charge is -2.27. The van der Waals surface area contributed by atoms with Gasteiger partial charge in [-0.2, -0.15) is 0 Å². The summed E-state index contributed by atoms with van der Waals surface area (Å²) in [6, 6.07) is 5.49. The lowest BCUT2D eigenvalue weighted by Crippen LogP contribution is -2.40. The predicted molar refractivity (Wildman–Crippen MR) is 70.1 cm³/mol. The van der Waals surface area contributed by atoms with E-state index >= 15 is 0 Å². The molecule has 0 aromatic heterocycles. The third-order valence-electron chi connectivity index (χ3n) is 3.55. The Hall–Kier alpha value is -1.88. The van der Waals surface area contributed by atoms with Crippen molar-refractivity contribution in [1.82, 2.24) is 4.90 Å². The number of ether oxygens (including phenoxy) is 1. The first-order valence-electron chi connectivity index (χ1n) is 6.54. The second-order valence-electron chi connectivity index (χ2n) is 4.82. The molecule has 0 atom stereocenters. The Morgan fingerprint density at radius 3 is 2.79 bits per heavy atom. The molecule has 0 unspecified atom stereocenters. The Morgan fingerprint density at radius 1 is 1.21 bits per heavy atom. The van der Waals surface area contributed by atoms with Crippen LogP contribution < -0.4 is 5.32 Å². The molecule has 100 valence electrons. The summed E-state index contributed by atoms with van der Waals surface area (Å²) >= 11 is 0. The topological polar surface area (TPSA) is 58.6 Å². The van der Waals surface area contributed by atoms with Crippen LogP contribution >= 0.6 is 0 Å². The summed E-state index contributed by atoms with van der Waals surface area (Å²) in [6.45, 7) is 2.50. The van der Waals surface area contributed by atoms with E-state index in [1.807, 2.05) is 17.0 Å². The molecular formula is C14H16N2O3. The summed E-state index contributed by atoms with van der Waals surface area (Å²) < 4.78 is 5.25. The summed E-state index contributed by atoms with van der Waals surface area (Å²) in [5, 5.41) is 2.82. The monoisotopic (exact) mass is 260 g/mol. The maximum atomic E-state index is 12.3.